The van der Waals surface area contributed by atoms with E-state index >= 15 is 0 Å². The second-order valence-corrected chi connectivity index (χ2v) is 5.73. The predicted molar refractivity (Wildman–Crippen MR) is 80.0 cm³/mol. The number of aromatic nitrogens is 2. The van der Waals surface area contributed by atoms with Crippen molar-refractivity contribution in [1.29, 1.82) is 0 Å². The molecule has 1 aromatic heterocycles. The summed E-state index contributed by atoms with van der Waals surface area (Å²) >= 11 is 0. The second kappa shape index (κ2) is 6.40. The Bertz CT molecular complexity index is 601. The number of aromatic amines is 1. The quantitative estimate of drug-likeness (QED) is 0.815. The van der Waals surface area contributed by atoms with Gasteiger partial charge in [-0.15, -0.1) is 0 Å². The molecule has 7 nitrogen and oxygen atoms in total. The molecule has 0 saturated carbocycles. The first-order valence-corrected chi connectivity index (χ1v) is 8.23. The van der Waals surface area contributed by atoms with Crippen LogP contribution in [0.1, 0.15) is 26.5 Å². The van der Waals surface area contributed by atoms with Gasteiger partial charge >= 0.3 is 5.69 Å². The van der Waals surface area contributed by atoms with Gasteiger partial charge in [0, 0.05) is 28.2 Å². The number of nitrogens with one attached hydrogen (secondary N) is 1. The average molecular weight is 316 g/mol. The van der Waals surface area contributed by atoms with Gasteiger partial charge in [0.2, 0.25) is 0 Å². The largest absolute Gasteiger partial charge is 0.371 e. The Labute approximate surface area is 124 Å². The van der Waals surface area contributed by atoms with E-state index in [1.165, 1.54) is 16.8 Å². The maximum atomic E-state index is 12.0. The van der Waals surface area contributed by atoms with Crippen molar-refractivity contribution in [3.8, 4) is 0 Å². The summed E-state index contributed by atoms with van der Waals surface area (Å²) in [6, 6.07) is 1.29. The Morgan fingerprint density at radius 1 is 1.52 bits per heavy atom. The highest BCUT2D eigenvalue weighted by Crippen LogP contribution is 2.44. The topological polar surface area (TPSA) is 82.6 Å². The molecule has 118 valence electrons. The summed E-state index contributed by atoms with van der Waals surface area (Å²) in [6.45, 7) is 5.78. The molecule has 1 fully saturated rings. The number of ether oxygens (including phenoxy) is 2. The van der Waals surface area contributed by atoms with E-state index in [1.54, 1.807) is 7.11 Å². The molecule has 1 N–H and O–H groups in total. The van der Waals surface area contributed by atoms with Gasteiger partial charge in [-0.2, -0.15) is 0 Å². The summed E-state index contributed by atoms with van der Waals surface area (Å²) < 4.78 is 18.8. The van der Waals surface area contributed by atoms with E-state index in [1.807, 2.05) is 20.5 Å². The molecule has 1 aliphatic heterocycles. The third-order valence-electron chi connectivity index (χ3n) is 3.89. The van der Waals surface area contributed by atoms with Crippen LogP contribution >= 0.6 is 8.81 Å². The van der Waals surface area contributed by atoms with Crippen LogP contribution < -0.4 is 11.2 Å². The van der Waals surface area contributed by atoms with Gasteiger partial charge < -0.3 is 14.0 Å². The van der Waals surface area contributed by atoms with Gasteiger partial charge in [0.05, 0.1) is 6.10 Å². The molecule has 0 amide bonds. The van der Waals surface area contributed by atoms with E-state index in [-0.39, 0.29) is 21.0 Å². The summed E-state index contributed by atoms with van der Waals surface area (Å²) in [5.74, 6) is 0. The second-order valence-electron chi connectivity index (χ2n) is 5.08. The lowest BCUT2D eigenvalue weighted by atomic mass is 9.95. The Morgan fingerprint density at radius 3 is 2.76 bits per heavy atom. The van der Waals surface area contributed by atoms with Gasteiger partial charge in [0.1, 0.15) is 11.7 Å². The number of nitrogens with zero attached hydrogens (tertiary/aromatic N) is 1. The fourth-order valence-electron chi connectivity index (χ4n) is 2.68. The van der Waals surface area contributed by atoms with Crippen molar-refractivity contribution in [1.82, 2.24) is 9.55 Å². The van der Waals surface area contributed by atoms with Gasteiger partial charge in [-0.25, -0.2) is 4.79 Å². The number of hydrogen-bond acceptors (Lipinski definition) is 5. The summed E-state index contributed by atoms with van der Waals surface area (Å²) in [5.41, 5.74) is -1.78. The van der Waals surface area contributed by atoms with E-state index in [2.05, 4.69) is 4.98 Å². The zero-order valence-electron chi connectivity index (χ0n) is 12.6. The number of hydrogen-bond donors (Lipinski definition) is 1. The third kappa shape index (κ3) is 2.83. The first-order valence-electron chi connectivity index (χ1n) is 6.82. The van der Waals surface area contributed by atoms with E-state index in [0.717, 1.165) is 6.42 Å². The highest BCUT2D eigenvalue weighted by molar-refractivity contribution is 7.31. The van der Waals surface area contributed by atoms with Crippen LogP contribution in [0.4, 0.5) is 0 Å². The number of methoxy groups -OCH3 is 1. The van der Waals surface area contributed by atoms with Crippen LogP contribution in [0.2, 0.25) is 0 Å². The SMILES string of the molecule is CC[C@H]1O[C@@H](n2ccc(=O)[nH]c2=O)C(C)(OC)[C@H]1OPC. The van der Waals surface area contributed by atoms with Gasteiger partial charge in [0.15, 0.2) is 6.23 Å². The minimum Gasteiger partial charge on any atom is -0.371 e. The van der Waals surface area contributed by atoms with E-state index in [0.29, 0.717) is 0 Å². The lowest BCUT2D eigenvalue weighted by Crippen LogP contribution is -2.48. The smallest absolute Gasteiger partial charge is 0.330 e. The standard InChI is InChI=1S/C13H21N2O5P/c1-5-8-10(20-21-4)13(2,18-3)11(19-8)15-7-6-9(16)14-12(15)17/h6-8,10-11,21H,5H2,1-4H3,(H,14,16,17)/t8-,10+,11-,13?/m1/s1. The Morgan fingerprint density at radius 2 is 2.24 bits per heavy atom. The zero-order chi connectivity index (χ0) is 15.6. The molecule has 21 heavy (non-hydrogen) atoms. The first-order chi connectivity index (χ1) is 9.97. The summed E-state index contributed by atoms with van der Waals surface area (Å²) in [7, 11) is 1.86. The van der Waals surface area contributed by atoms with Crippen molar-refractivity contribution in [2.75, 3.05) is 13.8 Å². The van der Waals surface area contributed by atoms with Crippen LogP contribution in [0.15, 0.2) is 21.9 Å². The first kappa shape index (κ1) is 16.4. The molecular formula is C13H21N2O5P. The van der Waals surface area contributed by atoms with Crippen LogP contribution in [-0.2, 0) is 14.0 Å². The van der Waals surface area contributed by atoms with Crippen molar-refractivity contribution in [2.45, 2.75) is 44.3 Å². The van der Waals surface area contributed by atoms with Crippen molar-refractivity contribution in [3.63, 3.8) is 0 Å². The minimum atomic E-state index is -0.814. The predicted octanol–water partition coefficient (Wildman–Crippen LogP) is 0.858. The molecule has 1 saturated heterocycles. The van der Waals surface area contributed by atoms with Crippen molar-refractivity contribution in [2.24, 2.45) is 0 Å². The van der Waals surface area contributed by atoms with Crippen molar-refractivity contribution < 1.29 is 14.0 Å². The van der Waals surface area contributed by atoms with Crippen LogP contribution in [-0.4, -0.2) is 41.1 Å². The molecule has 2 unspecified atom stereocenters. The molecular weight excluding hydrogens is 295 g/mol. The van der Waals surface area contributed by atoms with Crippen LogP contribution in [0, 0.1) is 0 Å². The van der Waals surface area contributed by atoms with E-state index in [4.69, 9.17) is 14.0 Å². The Balaban J connectivity index is 2.47. The molecule has 0 spiro atoms. The van der Waals surface area contributed by atoms with Gasteiger partial charge in [-0.3, -0.25) is 14.3 Å². The fourth-order valence-corrected chi connectivity index (χ4v) is 3.32. The third-order valence-corrected chi connectivity index (χ3v) is 4.38. The molecule has 0 bridgehead atoms. The summed E-state index contributed by atoms with van der Waals surface area (Å²) in [5, 5.41) is 0. The zero-order valence-corrected chi connectivity index (χ0v) is 13.6. The number of H-pyrrole nitrogens is 1. The highest BCUT2D eigenvalue weighted by Gasteiger charge is 2.55. The highest BCUT2D eigenvalue weighted by atomic mass is 31.1. The monoisotopic (exact) mass is 316 g/mol. The van der Waals surface area contributed by atoms with Crippen LogP contribution in [0.25, 0.3) is 0 Å². The van der Waals surface area contributed by atoms with Crippen molar-refractivity contribution in [3.05, 3.63) is 33.1 Å². The maximum absolute atomic E-state index is 12.0. The van der Waals surface area contributed by atoms with Crippen molar-refractivity contribution >= 4 is 8.81 Å². The van der Waals surface area contributed by atoms with E-state index in [9.17, 15) is 9.59 Å². The lowest BCUT2D eigenvalue weighted by molar-refractivity contribution is -0.116. The maximum Gasteiger partial charge on any atom is 0.330 e. The molecule has 0 aliphatic carbocycles. The molecule has 0 aromatic carbocycles. The molecule has 2 rings (SSSR count). The Hall–Kier alpha value is -1.01. The molecule has 5 atom stereocenters. The Kier molecular flexibility index (Phi) is 4.99. The summed E-state index contributed by atoms with van der Waals surface area (Å²) in [6.07, 6.45) is 1.05. The van der Waals surface area contributed by atoms with E-state index < -0.39 is 23.1 Å². The van der Waals surface area contributed by atoms with Gasteiger partial charge in [-0.1, -0.05) is 6.92 Å². The molecule has 1 aromatic rings. The average Bonchev–Trinajstić information content (AvgIpc) is 2.73. The van der Waals surface area contributed by atoms with Crippen LogP contribution in [0.5, 0.6) is 0 Å². The summed E-state index contributed by atoms with van der Waals surface area (Å²) in [4.78, 5) is 25.5. The fraction of sp³-hybridized carbons (Fsp3) is 0.692. The lowest BCUT2D eigenvalue weighted by Gasteiger charge is -2.33. The molecule has 2 heterocycles. The van der Waals surface area contributed by atoms with Gasteiger partial charge in [0.25, 0.3) is 5.56 Å². The van der Waals surface area contributed by atoms with Gasteiger partial charge in [-0.05, 0) is 20.0 Å². The molecule has 8 heteroatoms. The molecule has 0 radical (unpaired) electrons. The normalized spacial score (nSPS) is 33.0. The number of rotatable bonds is 5. The minimum absolute atomic E-state index is 0.175. The molecule has 1 aliphatic rings. The van der Waals surface area contributed by atoms with Crippen LogP contribution in [0.3, 0.4) is 0 Å².